The van der Waals surface area contributed by atoms with Crippen molar-refractivity contribution in [1.82, 2.24) is 19.5 Å². The molecule has 30 heavy (non-hydrogen) atoms. The van der Waals surface area contributed by atoms with Crippen molar-refractivity contribution in [1.29, 1.82) is 0 Å². The molecule has 0 unspecified atom stereocenters. The number of amides is 1. The maximum Gasteiger partial charge on any atom is 0.233 e. The van der Waals surface area contributed by atoms with Crippen molar-refractivity contribution in [2.45, 2.75) is 26.3 Å². The van der Waals surface area contributed by atoms with Crippen LogP contribution in [0.2, 0.25) is 0 Å². The number of carbonyl (C=O) groups is 1. The molecule has 1 saturated heterocycles. The summed E-state index contributed by atoms with van der Waals surface area (Å²) in [4.78, 5) is 21.1. The molecule has 9 heteroatoms. The molecule has 0 bridgehead atoms. The summed E-state index contributed by atoms with van der Waals surface area (Å²) in [5.74, 6) is -0.0219. The third kappa shape index (κ3) is 7.02. The van der Waals surface area contributed by atoms with Crippen LogP contribution in [0, 0.1) is 0 Å². The first kappa shape index (κ1) is 22.6. The number of sulfonamides is 1. The summed E-state index contributed by atoms with van der Waals surface area (Å²) in [5, 5.41) is 4.39. The SMILES string of the molecule is CCc1nc(CN2CCN(C(=O)CCNS(=O)(=O)/C=C/c3ccccc3)CC2)cs1. The Kier molecular flexibility index (Phi) is 8.15. The van der Waals surface area contributed by atoms with Gasteiger partial charge < -0.3 is 4.90 Å². The van der Waals surface area contributed by atoms with Crippen LogP contribution in [0.4, 0.5) is 0 Å². The van der Waals surface area contributed by atoms with Gasteiger partial charge in [-0.15, -0.1) is 11.3 Å². The van der Waals surface area contributed by atoms with Gasteiger partial charge in [0.1, 0.15) is 0 Å². The second-order valence-corrected chi connectivity index (χ2v) is 9.74. The van der Waals surface area contributed by atoms with E-state index >= 15 is 0 Å². The summed E-state index contributed by atoms with van der Waals surface area (Å²) < 4.78 is 26.6. The molecule has 0 saturated carbocycles. The number of nitrogens with zero attached hydrogens (tertiary/aromatic N) is 3. The summed E-state index contributed by atoms with van der Waals surface area (Å²) in [6.45, 7) is 5.93. The Bertz CT molecular complexity index is 950. The molecule has 1 amide bonds. The Morgan fingerprint density at radius 3 is 2.60 bits per heavy atom. The van der Waals surface area contributed by atoms with E-state index in [-0.39, 0.29) is 18.9 Å². The molecule has 0 spiro atoms. The highest BCUT2D eigenvalue weighted by atomic mass is 32.2. The van der Waals surface area contributed by atoms with Gasteiger partial charge in [-0.25, -0.2) is 18.1 Å². The van der Waals surface area contributed by atoms with E-state index in [9.17, 15) is 13.2 Å². The standard InChI is InChI=1S/C21H28N4O3S2/c1-2-20-23-19(17-29-20)16-24-11-13-25(14-12-24)21(26)8-10-22-30(27,28)15-9-18-6-4-3-5-7-18/h3-7,9,15,17,22H,2,8,10-14,16H2,1H3/b15-9+. The number of piperazine rings is 1. The summed E-state index contributed by atoms with van der Waals surface area (Å²) in [5.41, 5.74) is 1.90. The van der Waals surface area contributed by atoms with Crippen LogP contribution in [0.1, 0.15) is 29.6 Å². The van der Waals surface area contributed by atoms with E-state index in [1.54, 1.807) is 11.3 Å². The molecule has 162 valence electrons. The second kappa shape index (κ2) is 10.8. The highest BCUT2D eigenvalue weighted by Crippen LogP contribution is 2.14. The zero-order chi connectivity index (χ0) is 21.4. The lowest BCUT2D eigenvalue weighted by molar-refractivity contribution is -0.132. The minimum Gasteiger partial charge on any atom is -0.340 e. The van der Waals surface area contributed by atoms with Crippen molar-refractivity contribution in [2.24, 2.45) is 0 Å². The van der Waals surface area contributed by atoms with Gasteiger partial charge in [-0.1, -0.05) is 37.3 Å². The first-order chi connectivity index (χ1) is 14.4. The molecular formula is C21H28N4O3S2. The topological polar surface area (TPSA) is 82.6 Å². The predicted molar refractivity (Wildman–Crippen MR) is 120 cm³/mol. The molecule has 0 aliphatic carbocycles. The van der Waals surface area contributed by atoms with Crippen LogP contribution in [0.3, 0.4) is 0 Å². The molecule has 1 fully saturated rings. The molecule has 2 heterocycles. The van der Waals surface area contributed by atoms with Gasteiger partial charge in [0.15, 0.2) is 0 Å². The van der Waals surface area contributed by atoms with E-state index in [1.165, 1.54) is 6.08 Å². The average Bonchev–Trinajstić information content (AvgIpc) is 3.21. The lowest BCUT2D eigenvalue weighted by atomic mass is 10.2. The Labute approximate surface area is 182 Å². The van der Waals surface area contributed by atoms with Crippen LogP contribution in [0.25, 0.3) is 6.08 Å². The number of hydrogen-bond acceptors (Lipinski definition) is 6. The molecule has 1 aliphatic heterocycles. The Morgan fingerprint density at radius 1 is 1.20 bits per heavy atom. The van der Waals surface area contributed by atoms with E-state index in [4.69, 9.17) is 0 Å². The summed E-state index contributed by atoms with van der Waals surface area (Å²) in [6.07, 6.45) is 2.65. The Hall–Kier alpha value is -2.07. The zero-order valence-corrected chi connectivity index (χ0v) is 18.8. The summed E-state index contributed by atoms with van der Waals surface area (Å²) in [6, 6.07) is 9.21. The minimum absolute atomic E-state index is 0.0219. The highest BCUT2D eigenvalue weighted by molar-refractivity contribution is 7.92. The van der Waals surface area contributed by atoms with Gasteiger partial charge in [0.2, 0.25) is 15.9 Å². The fourth-order valence-electron chi connectivity index (χ4n) is 3.21. The molecular weight excluding hydrogens is 420 g/mol. The van der Waals surface area contributed by atoms with E-state index in [0.717, 1.165) is 47.7 Å². The summed E-state index contributed by atoms with van der Waals surface area (Å²) in [7, 11) is -3.57. The van der Waals surface area contributed by atoms with Gasteiger partial charge in [0.25, 0.3) is 0 Å². The van der Waals surface area contributed by atoms with Gasteiger partial charge in [0.05, 0.1) is 10.7 Å². The van der Waals surface area contributed by atoms with E-state index < -0.39 is 10.0 Å². The fourth-order valence-corrected chi connectivity index (χ4v) is 4.76. The minimum atomic E-state index is -3.57. The number of benzene rings is 1. The van der Waals surface area contributed by atoms with E-state index in [2.05, 4.69) is 26.9 Å². The van der Waals surface area contributed by atoms with Gasteiger partial charge >= 0.3 is 0 Å². The lowest BCUT2D eigenvalue weighted by Gasteiger charge is -2.34. The Balaban J connectivity index is 1.37. The number of aromatic nitrogens is 1. The van der Waals surface area contributed by atoms with Crippen LogP contribution >= 0.6 is 11.3 Å². The average molecular weight is 449 g/mol. The largest absolute Gasteiger partial charge is 0.340 e. The molecule has 1 N–H and O–H groups in total. The van der Waals surface area contributed by atoms with Gasteiger partial charge in [0, 0.05) is 56.5 Å². The Morgan fingerprint density at radius 2 is 1.93 bits per heavy atom. The zero-order valence-electron chi connectivity index (χ0n) is 17.2. The summed E-state index contributed by atoms with van der Waals surface area (Å²) >= 11 is 1.69. The molecule has 7 nitrogen and oxygen atoms in total. The maximum atomic E-state index is 12.4. The fraction of sp³-hybridized carbons (Fsp3) is 0.429. The molecule has 1 aliphatic rings. The number of rotatable bonds is 9. The predicted octanol–water partition coefficient (Wildman–Crippen LogP) is 2.33. The van der Waals surface area contributed by atoms with Crippen LogP contribution in [-0.4, -0.2) is 61.8 Å². The van der Waals surface area contributed by atoms with Gasteiger partial charge in [-0.2, -0.15) is 0 Å². The smallest absolute Gasteiger partial charge is 0.233 e. The van der Waals surface area contributed by atoms with Crippen LogP contribution in [-0.2, 0) is 27.8 Å². The van der Waals surface area contributed by atoms with Gasteiger partial charge in [-0.3, -0.25) is 9.69 Å². The van der Waals surface area contributed by atoms with Crippen molar-refractivity contribution >= 4 is 33.3 Å². The molecule has 1 aromatic heterocycles. The van der Waals surface area contributed by atoms with E-state index in [1.807, 2.05) is 35.2 Å². The van der Waals surface area contributed by atoms with Crippen LogP contribution in [0.15, 0.2) is 41.1 Å². The quantitative estimate of drug-likeness (QED) is 0.637. The van der Waals surface area contributed by atoms with Crippen LogP contribution < -0.4 is 4.72 Å². The third-order valence-corrected chi connectivity index (χ3v) is 7.04. The van der Waals surface area contributed by atoms with Crippen LogP contribution in [0.5, 0.6) is 0 Å². The molecule has 0 atom stereocenters. The normalized spacial score (nSPS) is 15.7. The van der Waals surface area contributed by atoms with Crippen molar-refractivity contribution < 1.29 is 13.2 Å². The van der Waals surface area contributed by atoms with Crippen molar-refractivity contribution in [3.63, 3.8) is 0 Å². The molecule has 0 radical (unpaired) electrons. The number of carbonyl (C=O) groups excluding carboxylic acids is 1. The number of aryl methyl sites for hydroxylation is 1. The first-order valence-electron chi connectivity index (χ1n) is 10.1. The van der Waals surface area contributed by atoms with Crippen molar-refractivity contribution in [3.8, 4) is 0 Å². The van der Waals surface area contributed by atoms with Crippen molar-refractivity contribution in [2.75, 3.05) is 32.7 Å². The monoisotopic (exact) mass is 448 g/mol. The highest BCUT2D eigenvalue weighted by Gasteiger charge is 2.21. The maximum absolute atomic E-state index is 12.4. The number of hydrogen-bond donors (Lipinski definition) is 1. The van der Waals surface area contributed by atoms with E-state index in [0.29, 0.717) is 13.1 Å². The second-order valence-electron chi connectivity index (χ2n) is 7.15. The third-order valence-electron chi connectivity index (χ3n) is 4.89. The molecule has 3 rings (SSSR count). The first-order valence-corrected chi connectivity index (χ1v) is 12.5. The molecule has 1 aromatic carbocycles. The lowest BCUT2D eigenvalue weighted by Crippen LogP contribution is -2.48. The van der Waals surface area contributed by atoms with Gasteiger partial charge in [-0.05, 0) is 18.1 Å². The number of nitrogens with one attached hydrogen (secondary N) is 1. The van der Waals surface area contributed by atoms with Crippen molar-refractivity contribution in [3.05, 3.63) is 57.4 Å². The molecule has 2 aromatic rings. The number of thiazole rings is 1.